The van der Waals surface area contributed by atoms with Gasteiger partial charge in [0.15, 0.2) is 15.4 Å². The van der Waals surface area contributed by atoms with E-state index in [1.807, 2.05) is 0 Å². The van der Waals surface area contributed by atoms with E-state index in [0.29, 0.717) is 0 Å². The molecule has 0 rings (SSSR count). The van der Waals surface area contributed by atoms with Crippen LogP contribution in [0.15, 0.2) is 0 Å². The number of hydrogen-bond acceptors (Lipinski definition) is 6. The van der Waals surface area contributed by atoms with Gasteiger partial charge in [-0.3, -0.25) is 0 Å². The second kappa shape index (κ2) is 7.04. The molecule has 0 aliphatic rings. The monoisotopic (exact) mass is 352 g/mol. The van der Waals surface area contributed by atoms with E-state index in [4.69, 9.17) is 10.5 Å². The highest BCUT2D eigenvalue weighted by Crippen LogP contribution is 2.33. The van der Waals surface area contributed by atoms with Crippen LogP contribution in [-0.2, 0) is 19.4 Å². The zero-order valence-corrected chi connectivity index (χ0v) is 15.4. The van der Waals surface area contributed by atoms with Gasteiger partial charge in [0, 0.05) is 6.54 Å². The van der Waals surface area contributed by atoms with Crippen molar-refractivity contribution in [1.29, 1.82) is 0 Å². The van der Waals surface area contributed by atoms with Gasteiger partial charge in [-0.15, -0.1) is 0 Å². The first-order valence-electron chi connectivity index (χ1n) is 7.21. The number of carbonyl (C=O) groups excluding carboxylic acids is 1. The third kappa shape index (κ3) is 6.34. The standard InChI is InChI=1S/C14H28N2O6S/c1-12(2,3)14(10(17)18,9-23(20,21)8-7-15)16-11(19)22-13(4,5)6/h7-9,15H2,1-6H3,(H,16,19)(H,17,18). The van der Waals surface area contributed by atoms with Crippen LogP contribution in [0.2, 0.25) is 0 Å². The molecule has 0 radical (unpaired) electrons. The summed E-state index contributed by atoms with van der Waals surface area (Å²) in [5.41, 5.74) is 1.30. The molecular formula is C14H28N2O6S. The van der Waals surface area contributed by atoms with E-state index in [1.54, 1.807) is 20.8 Å². The maximum atomic E-state index is 12.1. The molecule has 0 aromatic heterocycles. The molecule has 0 fully saturated rings. The lowest BCUT2D eigenvalue weighted by atomic mass is 9.74. The number of carboxylic acids is 1. The highest BCUT2D eigenvalue weighted by molar-refractivity contribution is 7.91. The Morgan fingerprint density at radius 2 is 1.61 bits per heavy atom. The fourth-order valence-electron chi connectivity index (χ4n) is 1.94. The van der Waals surface area contributed by atoms with Gasteiger partial charge in [0.25, 0.3) is 0 Å². The third-order valence-corrected chi connectivity index (χ3v) is 4.96. The minimum Gasteiger partial charge on any atom is -0.479 e. The quantitative estimate of drug-likeness (QED) is 0.642. The number of rotatable bonds is 6. The van der Waals surface area contributed by atoms with Crippen LogP contribution >= 0.6 is 0 Å². The molecular weight excluding hydrogens is 324 g/mol. The Labute approximate surface area is 137 Å². The van der Waals surface area contributed by atoms with Crippen LogP contribution in [0.3, 0.4) is 0 Å². The van der Waals surface area contributed by atoms with Crippen molar-refractivity contribution >= 4 is 21.9 Å². The number of amides is 1. The van der Waals surface area contributed by atoms with Crippen LogP contribution in [0.4, 0.5) is 4.79 Å². The maximum absolute atomic E-state index is 12.1. The van der Waals surface area contributed by atoms with E-state index in [-0.39, 0.29) is 12.3 Å². The lowest BCUT2D eigenvalue weighted by molar-refractivity contribution is -0.148. The Hall–Kier alpha value is -1.35. The molecule has 9 heteroatoms. The predicted octanol–water partition coefficient (Wildman–Crippen LogP) is 0.754. The number of aliphatic carboxylic acids is 1. The maximum Gasteiger partial charge on any atom is 0.408 e. The Morgan fingerprint density at radius 1 is 1.13 bits per heavy atom. The molecule has 0 saturated heterocycles. The van der Waals surface area contributed by atoms with Crippen LogP contribution in [0.5, 0.6) is 0 Å². The average Bonchev–Trinajstić information content (AvgIpc) is 2.22. The number of hydrogen-bond donors (Lipinski definition) is 3. The van der Waals surface area contributed by atoms with Gasteiger partial charge in [0.05, 0.1) is 11.5 Å². The lowest BCUT2D eigenvalue weighted by Crippen LogP contribution is -2.66. The van der Waals surface area contributed by atoms with Crippen molar-refractivity contribution < 1.29 is 27.9 Å². The van der Waals surface area contributed by atoms with Crippen molar-refractivity contribution in [2.24, 2.45) is 11.1 Å². The highest BCUT2D eigenvalue weighted by Gasteiger charge is 2.53. The number of alkyl carbamates (subject to hydrolysis) is 1. The number of carbonyl (C=O) groups is 2. The van der Waals surface area contributed by atoms with Crippen LogP contribution in [0.25, 0.3) is 0 Å². The molecule has 0 aliphatic heterocycles. The topological polar surface area (TPSA) is 136 Å². The molecule has 0 saturated carbocycles. The zero-order valence-electron chi connectivity index (χ0n) is 14.6. The fourth-order valence-corrected chi connectivity index (χ4v) is 3.73. The van der Waals surface area contributed by atoms with E-state index in [9.17, 15) is 23.1 Å². The minimum absolute atomic E-state index is 0.130. The third-order valence-electron chi connectivity index (χ3n) is 3.23. The van der Waals surface area contributed by atoms with E-state index in [2.05, 4.69) is 5.32 Å². The molecule has 0 aliphatic carbocycles. The predicted molar refractivity (Wildman–Crippen MR) is 86.9 cm³/mol. The van der Waals surface area contributed by atoms with E-state index in [0.717, 1.165) is 0 Å². The molecule has 4 N–H and O–H groups in total. The number of nitrogens with two attached hydrogens (primary N) is 1. The van der Waals surface area contributed by atoms with Crippen molar-refractivity contribution in [1.82, 2.24) is 5.32 Å². The molecule has 0 aromatic rings. The molecule has 1 atom stereocenters. The van der Waals surface area contributed by atoms with Crippen molar-refractivity contribution in [2.75, 3.05) is 18.1 Å². The summed E-state index contributed by atoms with van der Waals surface area (Å²) in [5, 5.41) is 11.9. The first-order valence-corrected chi connectivity index (χ1v) is 9.03. The summed E-state index contributed by atoms with van der Waals surface area (Å²) < 4.78 is 29.3. The fraction of sp³-hybridized carbons (Fsp3) is 0.857. The number of ether oxygens (including phenoxy) is 1. The van der Waals surface area contributed by atoms with Crippen LogP contribution in [0.1, 0.15) is 41.5 Å². The second-order valence-corrected chi connectivity index (χ2v) is 9.65. The summed E-state index contributed by atoms with van der Waals surface area (Å²) in [6.07, 6.45) is -0.988. The van der Waals surface area contributed by atoms with Crippen molar-refractivity contribution in [3.05, 3.63) is 0 Å². The number of carboxylic acid groups (broad SMARTS) is 1. The van der Waals surface area contributed by atoms with Gasteiger partial charge in [0.2, 0.25) is 0 Å². The number of nitrogens with one attached hydrogen (secondary N) is 1. The SMILES string of the molecule is CC(C)(C)OC(=O)NC(CS(=O)(=O)CCN)(C(=O)O)C(C)(C)C. The molecule has 0 aromatic carbocycles. The summed E-state index contributed by atoms with van der Waals surface area (Å²) in [7, 11) is -3.78. The normalized spacial score (nSPS) is 15.6. The van der Waals surface area contributed by atoms with Crippen molar-refractivity contribution in [3.8, 4) is 0 Å². The molecule has 0 spiro atoms. The Kier molecular flexibility index (Phi) is 6.63. The van der Waals surface area contributed by atoms with Gasteiger partial charge < -0.3 is 20.9 Å². The van der Waals surface area contributed by atoms with Gasteiger partial charge >= 0.3 is 12.1 Å². The molecule has 8 nitrogen and oxygen atoms in total. The van der Waals surface area contributed by atoms with E-state index < -0.39 is 44.2 Å². The minimum atomic E-state index is -3.78. The summed E-state index contributed by atoms with van der Waals surface area (Å²) in [5.74, 6) is -2.58. The summed E-state index contributed by atoms with van der Waals surface area (Å²) in [6.45, 7) is 9.35. The van der Waals surface area contributed by atoms with Crippen molar-refractivity contribution in [3.63, 3.8) is 0 Å². The lowest BCUT2D eigenvalue weighted by Gasteiger charge is -2.41. The molecule has 23 heavy (non-hydrogen) atoms. The van der Waals surface area contributed by atoms with Crippen LogP contribution < -0.4 is 11.1 Å². The van der Waals surface area contributed by atoms with Gasteiger partial charge in [-0.1, -0.05) is 20.8 Å². The highest BCUT2D eigenvalue weighted by atomic mass is 32.2. The zero-order chi connectivity index (χ0) is 18.7. The molecule has 1 unspecified atom stereocenters. The van der Waals surface area contributed by atoms with E-state index in [1.165, 1.54) is 20.8 Å². The van der Waals surface area contributed by atoms with Gasteiger partial charge in [0.1, 0.15) is 5.60 Å². The van der Waals surface area contributed by atoms with Crippen molar-refractivity contribution in [2.45, 2.75) is 52.7 Å². The largest absolute Gasteiger partial charge is 0.479 e. The summed E-state index contributed by atoms with van der Waals surface area (Å²) in [6, 6.07) is 0. The Morgan fingerprint density at radius 3 is 1.91 bits per heavy atom. The Bertz CT molecular complexity index is 545. The average molecular weight is 352 g/mol. The molecule has 0 bridgehead atoms. The van der Waals surface area contributed by atoms with Gasteiger partial charge in [-0.2, -0.15) is 0 Å². The van der Waals surface area contributed by atoms with Crippen LogP contribution in [0, 0.1) is 5.41 Å². The first-order chi connectivity index (χ1) is 10.1. The number of sulfone groups is 1. The van der Waals surface area contributed by atoms with Crippen LogP contribution in [-0.4, -0.2) is 54.8 Å². The smallest absolute Gasteiger partial charge is 0.408 e. The summed E-state index contributed by atoms with van der Waals surface area (Å²) in [4.78, 5) is 23.9. The molecule has 0 heterocycles. The Balaban J connectivity index is 5.81. The second-order valence-electron chi connectivity index (χ2n) is 7.47. The first kappa shape index (κ1) is 21.6. The van der Waals surface area contributed by atoms with E-state index >= 15 is 0 Å². The van der Waals surface area contributed by atoms with Gasteiger partial charge in [-0.25, -0.2) is 18.0 Å². The molecule has 1 amide bonds. The summed E-state index contributed by atoms with van der Waals surface area (Å²) >= 11 is 0. The van der Waals surface area contributed by atoms with Gasteiger partial charge in [-0.05, 0) is 26.2 Å². The molecule has 136 valence electrons.